The van der Waals surface area contributed by atoms with Crippen LogP contribution < -0.4 is 4.74 Å². The van der Waals surface area contributed by atoms with Gasteiger partial charge in [-0.2, -0.15) is 0 Å². The number of ether oxygens (including phenoxy) is 1. The van der Waals surface area contributed by atoms with E-state index in [1.165, 1.54) is 6.26 Å². The molecule has 1 saturated heterocycles. The Morgan fingerprint density at radius 1 is 1.12 bits per heavy atom. The van der Waals surface area contributed by atoms with Gasteiger partial charge in [-0.1, -0.05) is 0 Å². The fraction of sp³-hybridized carbons (Fsp3) is 0.360. The van der Waals surface area contributed by atoms with Crippen molar-refractivity contribution in [2.45, 2.75) is 27.7 Å². The number of amides is 2. The molecule has 1 aromatic carbocycles. The third kappa shape index (κ3) is 4.02. The summed E-state index contributed by atoms with van der Waals surface area (Å²) < 4.78 is 16.8. The first-order valence-corrected chi connectivity index (χ1v) is 10.8. The fourth-order valence-electron chi connectivity index (χ4n) is 4.10. The zero-order valence-corrected chi connectivity index (χ0v) is 18.9. The fourth-order valence-corrected chi connectivity index (χ4v) is 4.10. The molecular formula is C25H28N2O5. The highest BCUT2D eigenvalue weighted by molar-refractivity contribution is 5.98. The summed E-state index contributed by atoms with van der Waals surface area (Å²) in [5, 5.41) is 1.02. The molecule has 3 heterocycles. The molecule has 1 aliphatic rings. The molecule has 2 aromatic heterocycles. The number of benzene rings is 1. The number of nitrogens with zero attached hydrogens (tertiary/aromatic N) is 2. The molecule has 1 aliphatic heterocycles. The maximum Gasteiger partial charge on any atom is 0.289 e. The summed E-state index contributed by atoms with van der Waals surface area (Å²) >= 11 is 0. The number of hydrogen-bond acceptors (Lipinski definition) is 5. The van der Waals surface area contributed by atoms with Crippen LogP contribution in [-0.4, -0.2) is 54.4 Å². The molecule has 0 unspecified atom stereocenters. The Morgan fingerprint density at radius 3 is 2.50 bits per heavy atom. The summed E-state index contributed by atoms with van der Waals surface area (Å²) in [6, 6.07) is 5.38. The average Bonchev–Trinajstić information content (AvgIpc) is 3.45. The number of aryl methyl sites for hydroxylation is 2. The third-order valence-corrected chi connectivity index (χ3v) is 5.90. The lowest BCUT2D eigenvalue weighted by Crippen LogP contribution is -2.50. The topological polar surface area (TPSA) is 76.1 Å². The van der Waals surface area contributed by atoms with Crippen LogP contribution in [-0.2, 0) is 4.79 Å². The van der Waals surface area contributed by atoms with Crippen LogP contribution in [0.4, 0.5) is 0 Å². The van der Waals surface area contributed by atoms with E-state index in [0.717, 1.165) is 39.0 Å². The molecule has 4 rings (SSSR count). The smallest absolute Gasteiger partial charge is 0.289 e. The van der Waals surface area contributed by atoms with Gasteiger partial charge in [-0.05, 0) is 57.0 Å². The van der Waals surface area contributed by atoms with Crippen LogP contribution in [0.3, 0.4) is 0 Å². The molecule has 0 spiro atoms. The zero-order valence-electron chi connectivity index (χ0n) is 18.9. The number of carbonyl (C=O) groups excluding carboxylic acids is 2. The largest absolute Gasteiger partial charge is 0.493 e. The van der Waals surface area contributed by atoms with E-state index in [0.29, 0.717) is 38.5 Å². The molecule has 7 nitrogen and oxygen atoms in total. The first-order chi connectivity index (χ1) is 15.4. The molecule has 0 aliphatic carbocycles. The first-order valence-electron chi connectivity index (χ1n) is 10.8. The maximum atomic E-state index is 13.0. The first kappa shape index (κ1) is 21.7. The van der Waals surface area contributed by atoms with E-state index in [-0.39, 0.29) is 11.8 Å². The highest BCUT2D eigenvalue weighted by Crippen LogP contribution is 2.37. The Labute approximate surface area is 187 Å². The molecule has 7 heteroatoms. The standard InChI is InChI=1S/C25H28N2O5/c1-5-30-23-18(4)24-20(17(3)15-32-24)14-19(23)16(2)13-22(28)26-8-10-27(11-9-26)25(29)21-7-6-12-31-21/h6-7,12-15H,5,8-11H2,1-4H3/b16-13+. The van der Waals surface area contributed by atoms with Crippen molar-refractivity contribution < 1.29 is 23.2 Å². The monoisotopic (exact) mass is 436 g/mol. The van der Waals surface area contributed by atoms with Gasteiger partial charge in [-0.15, -0.1) is 0 Å². The van der Waals surface area contributed by atoms with Gasteiger partial charge in [-0.3, -0.25) is 9.59 Å². The Kier molecular flexibility index (Phi) is 6.08. The van der Waals surface area contributed by atoms with Gasteiger partial charge >= 0.3 is 0 Å². The second-order valence-corrected chi connectivity index (χ2v) is 8.03. The summed E-state index contributed by atoms with van der Waals surface area (Å²) in [6.45, 7) is 10.3. The van der Waals surface area contributed by atoms with Crippen LogP contribution >= 0.6 is 0 Å². The van der Waals surface area contributed by atoms with Crippen molar-refractivity contribution in [2.75, 3.05) is 32.8 Å². The van der Waals surface area contributed by atoms with Crippen LogP contribution in [0.25, 0.3) is 16.5 Å². The quantitative estimate of drug-likeness (QED) is 0.553. The summed E-state index contributed by atoms with van der Waals surface area (Å²) in [6.07, 6.45) is 4.88. The van der Waals surface area contributed by atoms with Gasteiger partial charge in [-0.25, -0.2) is 0 Å². The molecule has 0 N–H and O–H groups in total. The van der Waals surface area contributed by atoms with Gasteiger partial charge in [0.2, 0.25) is 5.91 Å². The Balaban J connectivity index is 1.52. The minimum Gasteiger partial charge on any atom is -0.493 e. The van der Waals surface area contributed by atoms with Crippen LogP contribution in [0.15, 0.2) is 45.6 Å². The minimum absolute atomic E-state index is 0.0725. The summed E-state index contributed by atoms with van der Waals surface area (Å²) in [4.78, 5) is 28.9. The van der Waals surface area contributed by atoms with Crippen LogP contribution in [0.2, 0.25) is 0 Å². The SMILES string of the molecule is CCOc1c(/C(C)=C/C(=O)N2CCN(C(=O)c3ccco3)CC2)cc2c(C)coc2c1C. The molecule has 168 valence electrons. The van der Waals surface area contributed by atoms with E-state index in [2.05, 4.69) is 0 Å². The van der Waals surface area contributed by atoms with Gasteiger partial charge in [0.25, 0.3) is 5.91 Å². The van der Waals surface area contributed by atoms with Crippen molar-refractivity contribution in [3.63, 3.8) is 0 Å². The molecule has 3 aromatic rings. The van der Waals surface area contributed by atoms with Gasteiger partial charge in [0, 0.05) is 48.8 Å². The molecule has 2 amide bonds. The lowest BCUT2D eigenvalue weighted by atomic mass is 9.98. The zero-order chi connectivity index (χ0) is 22.8. The normalized spacial score (nSPS) is 14.8. The van der Waals surface area contributed by atoms with E-state index in [1.54, 1.807) is 34.3 Å². The van der Waals surface area contributed by atoms with E-state index < -0.39 is 0 Å². The highest BCUT2D eigenvalue weighted by atomic mass is 16.5. The van der Waals surface area contributed by atoms with Crippen molar-refractivity contribution in [3.05, 3.63) is 59.3 Å². The predicted octanol–water partition coefficient (Wildman–Crippen LogP) is 4.43. The third-order valence-electron chi connectivity index (χ3n) is 5.90. The molecule has 0 atom stereocenters. The Bertz CT molecular complexity index is 1160. The van der Waals surface area contributed by atoms with Crippen LogP contribution in [0.1, 0.15) is 41.1 Å². The molecule has 0 radical (unpaired) electrons. The summed E-state index contributed by atoms with van der Waals surface area (Å²) in [7, 11) is 0. The number of allylic oxidation sites excluding steroid dienone is 1. The summed E-state index contributed by atoms with van der Waals surface area (Å²) in [5.41, 5.74) is 4.51. The lowest BCUT2D eigenvalue weighted by Gasteiger charge is -2.34. The van der Waals surface area contributed by atoms with Crippen molar-refractivity contribution in [2.24, 2.45) is 0 Å². The molecule has 0 saturated carbocycles. The molecular weight excluding hydrogens is 408 g/mol. The van der Waals surface area contributed by atoms with Gasteiger partial charge in [0.1, 0.15) is 11.3 Å². The van der Waals surface area contributed by atoms with E-state index in [1.807, 2.05) is 33.8 Å². The van der Waals surface area contributed by atoms with Crippen LogP contribution in [0.5, 0.6) is 5.75 Å². The van der Waals surface area contributed by atoms with E-state index in [4.69, 9.17) is 13.6 Å². The number of furan rings is 2. The number of hydrogen-bond donors (Lipinski definition) is 0. The number of rotatable bonds is 5. The van der Waals surface area contributed by atoms with Crippen molar-refractivity contribution in [1.29, 1.82) is 0 Å². The molecule has 1 fully saturated rings. The molecule has 0 bridgehead atoms. The van der Waals surface area contributed by atoms with Gasteiger partial charge in [0.05, 0.1) is 19.1 Å². The Hall–Kier alpha value is -3.48. The second kappa shape index (κ2) is 8.94. The Morgan fingerprint density at radius 2 is 1.84 bits per heavy atom. The lowest BCUT2D eigenvalue weighted by molar-refractivity contribution is -0.127. The van der Waals surface area contributed by atoms with Crippen molar-refractivity contribution in [1.82, 2.24) is 9.80 Å². The van der Waals surface area contributed by atoms with E-state index in [9.17, 15) is 9.59 Å². The van der Waals surface area contributed by atoms with Gasteiger partial charge in [0.15, 0.2) is 5.76 Å². The maximum absolute atomic E-state index is 13.0. The van der Waals surface area contributed by atoms with Crippen molar-refractivity contribution >= 4 is 28.4 Å². The highest BCUT2D eigenvalue weighted by Gasteiger charge is 2.26. The molecule has 32 heavy (non-hydrogen) atoms. The number of fused-ring (bicyclic) bond motifs is 1. The van der Waals surface area contributed by atoms with Gasteiger partial charge < -0.3 is 23.4 Å². The number of piperazine rings is 1. The predicted molar refractivity (Wildman–Crippen MR) is 122 cm³/mol. The van der Waals surface area contributed by atoms with E-state index >= 15 is 0 Å². The average molecular weight is 437 g/mol. The van der Waals surface area contributed by atoms with Crippen LogP contribution in [0, 0.1) is 13.8 Å². The second-order valence-electron chi connectivity index (χ2n) is 8.03. The number of carbonyl (C=O) groups is 2. The minimum atomic E-state index is -0.144. The summed E-state index contributed by atoms with van der Waals surface area (Å²) in [5.74, 6) is 0.847. The van der Waals surface area contributed by atoms with Crippen molar-refractivity contribution in [3.8, 4) is 5.75 Å².